The standard InChI is InChI=1S/C12H22N4S/c1-4-6-10(11-7-5-8-17-11)15-12(16-13)14-9(2)3/h5,7-10H,4,6,13H2,1-3H3,(H2,14,15,16). The fourth-order valence-electron chi connectivity index (χ4n) is 1.57. The van der Waals surface area contributed by atoms with E-state index in [-0.39, 0.29) is 6.04 Å². The molecular formula is C12H22N4S. The first kappa shape index (κ1) is 14.0. The van der Waals surface area contributed by atoms with Gasteiger partial charge in [0.05, 0.1) is 6.04 Å². The summed E-state index contributed by atoms with van der Waals surface area (Å²) in [6.45, 7) is 6.29. The predicted octanol–water partition coefficient (Wildman–Crippen LogP) is 2.41. The second-order valence-electron chi connectivity index (χ2n) is 4.24. The van der Waals surface area contributed by atoms with E-state index >= 15 is 0 Å². The third-order valence-corrected chi connectivity index (χ3v) is 3.25. The molecular weight excluding hydrogens is 232 g/mol. The minimum absolute atomic E-state index is 0.192. The van der Waals surface area contributed by atoms with Crippen molar-refractivity contribution < 1.29 is 0 Å². The van der Waals surface area contributed by atoms with Crippen LogP contribution >= 0.6 is 11.3 Å². The molecule has 96 valence electrons. The Bertz CT molecular complexity index is 332. The number of nitrogens with two attached hydrogens (primary N) is 1. The molecule has 0 aliphatic rings. The Hall–Kier alpha value is -1.07. The lowest BCUT2D eigenvalue weighted by Crippen LogP contribution is -2.44. The van der Waals surface area contributed by atoms with E-state index in [9.17, 15) is 0 Å². The summed E-state index contributed by atoms with van der Waals surface area (Å²) in [5.74, 6) is 6.14. The molecule has 17 heavy (non-hydrogen) atoms. The smallest absolute Gasteiger partial charge is 0.206 e. The summed E-state index contributed by atoms with van der Waals surface area (Å²) in [6, 6.07) is 4.69. The van der Waals surface area contributed by atoms with E-state index in [1.807, 2.05) is 0 Å². The maximum absolute atomic E-state index is 5.48. The van der Waals surface area contributed by atoms with E-state index < -0.39 is 0 Å². The van der Waals surface area contributed by atoms with E-state index in [2.05, 4.69) is 54.0 Å². The van der Waals surface area contributed by atoms with Gasteiger partial charge in [0, 0.05) is 10.9 Å². The first-order valence-electron chi connectivity index (χ1n) is 6.01. The number of nitrogens with zero attached hydrogens (tertiary/aromatic N) is 1. The molecule has 4 N–H and O–H groups in total. The Morgan fingerprint density at radius 1 is 1.53 bits per heavy atom. The Balaban J connectivity index is 2.79. The molecule has 0 bridgehead atoms. The number of rotatable bonds is 5. The molecule has 0 saturated heterocycles. The highest BCUT2D eigenvalue weighted by atomic mass is 32.1. The molecule has 1 aromatic heterocycles. The normalized spacial score (nSPS) is 13.8. The molecule has 0 aromatic carbocycles. The van der Waals surface area contributed by atoms with Crippen LogP contribution in [-0.2, 0) is 0 Å². The van der Waals surface area contributed by atoms with Crippen LogP contribution in [0.15, 0.2) is 22.5 Å². The lowest BCUT2D eigenvalue weighted by molar-refractivity contribution is 0.628. The number of aliphatic imine (C=N–C) groups is 1. The van der Waals surface area contributed by atoms with E-state index in [4.69, 9.17) is 5.84 Å². The van der Waals surface area contributed by atoms with Gasteiger partial charge in [-0.05, 0) is 31.7 Å². The van der Waals surface area contributed by atoms with Crippen molar-refractivity contribution in [3.63, 3.8) is 0 Å². The molecule has 1 aromatic rings. The molecule has 0 amide bonds. The van der Waals surface area contributed by atoms with Crippen LogP contribution in [0.5, 0.6) is 0 Å². The van der Waals surface area contributed by atoms with Gasteiger partial charge in [-0.1, -0.05) is 19.4 Å². The van der Waals surface area contributed by atoms with Gasteiger partial charge in [-0.15, -0.1) is 11.3 Å². The predicted molar refractivity (Wildman–Crippen MR) is 75.0 cm³/mol. The lowest BCUT2D eigenvalue weighted by Gasteiger charge is -2.16. The van der Waals surface area contributed by atoms with Crippen molar-refractivity contribution in [3.8, 4) is 0 Å². The summed E-state index contributed by atoms with van der Waals surface area (Å²) < 4.78 is 0. The molecule has 0 fully saturated rings. The quantitative estimate of drug-likeness (QED) is 0.327. The zero-order valence-electron chi connectivity index (χ0n) is 10.7. The number of thiophene rings is 1. The van der Waals surface area contributed by atoms with Gasteiger partial charge in [-0.3, -0.25) is 5.43 Å². The van der Waals surface area contributed by atoms with E-state index in [0.29, 0.717) is 12.0 Å². The van der Waals surface area contributed by atoms with Gasteiger partial charge in [-0.2, -0.15) is 0 Å². The van der Waals surface area contributed by atoms with Gasteiger partial charge in [-0.25, -0.2) is 10.8 Å². The third kappa shape index (κ3) is 4.75. The van der Waals surface area contributed by atoms with Gasteiger partial charge in [0.2, 0.25) is 5.96 Å². The Labute approximate surface area is 107 Å². The van der Waals surface area contributed by atoms with Crippen LogP contribution in [0.4, 0.5) is 0 Å². The van der Waals surface area contributed by atoms with Crippen LogP contribution in [0.1, 0.15) is 44.5 Å². The van der Waals surface area contributed by atoms with Crippen molar-refractivity contribution in [2.45, 2.75) is 45.7 Å². The van der Waals surface area contributed by atoms with Crippen LogP contribution in [0, 0.1) is 0 Å². The maximum atomic E-state index is 5.48. The number of hydrogen-bond acceptors (Lipinski definition) is 3. The summed E-state index contributed by atoms with van der Waals surface area (Å²) in [5.41, 5.74) is 2.63. The summed E-state index contributed by atoms with van der Waals surface area (Å²) in [5, 5.41) is 5.28. The molecule has 1 rings (SSSR count). The fourth-order valence-corrected chi connectivity index (χ4v) is 2.37. The molecule has 1 unspecified atom stereocenters. The fraction of sp³-hybridized carbons (Fsp3) is 0.583. The van der Waals surface area contributed by atoms with Crippen molar-refractivity contribution in [1.29, 1.82) is 0 Å². The highest BCUT2D eigenvalue weighted by molar-refractivity contribution is 7.10. The van der Waals surface area contributed by atoms with Crippen LogP contribution in [0.25, 0.3) is 0 Å². The second kappa shape index (κ2) is 7.29. The minimum atomic E-state index is 0.192. The lowest BCUT2D eigenvalue weighted by atomic mass is 10.1. The van der Waals surface area contributed by atoms with Crippen LogP contribution in [0.3, 0.4) is 0 Å². The Morgan fingerprint density at radius 3 is 2.76 bits per heavy atom. The van der Waals surface area contributed by atoms with Crippen molar-refractivity contribution >= 4 is 17.3 Å². The zero-order chi connectivity index (χ0) is 12.7. The highest BCUT2D eigenvalue weighted by Gasteiger charge is 2.11. The topological polar surface area (TPSA) is 62.4 Å². The van der Waals surface area contributed by atoms with Crippen LogP contribution in [-0.4, -0.2) is 12.0 Å². The van der Waals surface area contributed by atoms with E-state index in [1.165, 1.54) is 4.88 Å². The molecule has 0 radical (unpaired) electrons. The highest BCUT2D eigenvalue weighted by Crippen LogP contribution is 2.26. The average Bonchev–Trinajstić information content (AvgIpc) is 2.80. The molecule has 0 saturated carbocycles. The third-order valence-electron chi connectivity index (χ3n) is 2.28. The van der Waals surface area contributed by atoms with Crippen molar-refractivity contribution in [2.24, 2.45) is 10.8 Å². The van der Waals surface area contributed by atoms with Crippen LogP contribution in [0.2, 0.25) is 0 Å². The number of nitrogens with one attached hydrogen (secondary N) is 2. The van der Waals surface area contributed by atoms with Crippen molar-refractivity contribution in [1.82, 2.24) is 10.7 Å². The summed E-state index contributed by atoms with van der Waals surface area (Å²) >= 11 is 1.74. The van der Waals surface area contributed by atoms with Gasteiger partial charge >= 0.3 is 0 Å². The first-order chi connectivity index (χ1) is 8.17. The molecule has 4 nitrogen and oxygen atoms in total. The molecule has 0 aliphatic carbocycles. The number of hydrazine groups is 1. The summed E-state index contributed by atoms with van der Waals surface area (Å²) in [7, 11) is 0. The van der Waals surface area contributed by atoms with Gasteiger partial charge in [0.15, 0.2) is 0 Å². The number of guanidine groups is 1. The summed E-state index contributed by atoms with van der Waals surface area (Å²) in [6.07, 6.45) is 2.14. The van der Waals surface area contributed by atoms with Gasteiger partial charge in [0.1, 0.15) is 0 Å². The van der Waals surface area contributed by atoms with Crippen LogP contribution < -0.4 is 16.6 Å². The maximum Gasteiger partial charge on any atom is 0.206 e. The van der Waals surface area contributed by atoms with E-state index in [0.717, 1.165) is 12.8 Å². The molecule has 1 heterocycles. The average molecular weight is 254 g/mol. The second-order valence-corrected chi connectivity index (χ2v) is 5.22. The molecule has 5 heteroatoms. The van der Waals surface area contributed by atoms with Crippen molar-refractivity contribution in [2.75, 3.05) is 0 Å². The minimum Gasteiger partial charge on any atom is -0.353 e. The summed E-state index contributed by atoms with van der Waals surface area (Å²) in [4.78, 5) is 5.93. The van der Waals surface area contributed by atoms with E-state index in [1.54, 1.807) is 11.3 Å². The largest absolute Gasteiger partial charge is 0.353 e. The molecule has 0 aliphatic heterocycles. The Morgan fingerprint density at radius 2 is 2.29 bits per heavy atom. The molecule has 1 atom stereocenters. The van der Waals surface area contributed by atoms with Crippen molar-refractivity contribution in [3.05, 3.63) is 22.4 Å². The SMILES string of the molecule is CCCC(N=C(NN)NC(C)C)c1cccs1. The van der Waals surface area contributed by atoms with Gasteiger partial charge < -0.3 is 5.32 Å². The molecule has 0 spiro atoms. The monoisotopic (exact) mass is 254 g/mol. The zero-order valence-corrected chi connectivity index (χ0v) is 11.6. The van der Waals surface area contributed by atoms with Gasteiger partial charge in [0.25, 0.3) is 0 Å². The Kier molecular flexibility index (Phi) is 6.00. The number of hydrogen-bond donors (Lipinski definition) is 3. The first-order valence-corrected chi connectivity index (χ1v) is 6.89.